The van der Waals surface area contributed by atoms with E-state index in [0.717, 1.165) is 25.2 Å². The fourth-order valence-corrected chi connectivity index (χ4v) is 3.83. The van der Waals surface area contributed by atoms with Gasteiger partial charge in [-0.05, 0) is 18.6 Å². The number of carbonyl (C=O) groups excluding carboxylic acids is 1. The number of amides is 1. The van der Waals surface area contributed by atoms with E-state index in [1.165, 1.54) is 11.1 Å². The average molecular weight is 287 g/mol. The predicted octanol–water partition coefficient (Wildman–Crippen LogP) is 1.76. The Morgan fingerprint density at radius 2 is 2.05 bits per heavy atom. The Morgan fingerprint density at radius 3 is 2.71 bits per heavy atom. The molecule has 1 aromatic carbocycles. The van der Waals surface area contributed by atoms with Gasteiger partial charge in [-0.1, -0.05) is 38.5 Å². The highest BCUT2D eigenvalue weighted by molar-refractivity contribution is 6.00. The Kier molecular flexibility index (Phi) is 3.36. The molecular formula is C18H27N2O+. The number of likely N-dealkylation sites (tertiary alicyclic amines) is 1. The average Bonchev–Trinajstić information content (AvgIpc) is 2.70. The summed E-state index contributed by atoms with van der Waals surface area (Å²) in [5, 5.41) is 0. The van der Waals surface area contributed by atoms with E-state index < -0.39 is 0 Å². The minimum absolute atomic E-state index is 0.264. The molecule has 0 spiro atoms. The summed E-state index contributed by atoms with van der Waals surface area (Å²) in [5.41, 5.74) is 3.51. The number of hydrogen-bond acceptors (Lipinski definition) is 1. The molecule has 114 valence electrons. The lowest BCUT2D eigenvalue weighted by Crippen LogP contribution is -3.11. The van der Waals surface area contributed by atoms with Crippen molar-refractivity contribution in [3.63, 3.8) is 0 Å². The third-order valence-electron chi connectivity index (χ3n) is 4.93. The second-order valence-electron chi connectivity index (χ2n) is 7.86. The largest absolute Gasteiger partial charge is 0.337 e. The highest BCUT2D eigenvalue weighted by atomic mass is 16.2. The molecule has 3 atom stereocenters. The summed E-state index contributed by atoms with van der Waals surface area (Å²) < 4.78 is 0. The second kappa shape index (κ2) is 4.84. The highest BCUT2D eigenvalue weighted by Gasteiger charge is 2.47. The Bertz CT molecular complexity index is 573. The van der Waals surface area contributed by atoms with Gasteiger partial charge in [0.2, 0.25) is 5.91 Å². The van der Waals surface area contributed by atoms with Crippen LogP contribution in [-0.2, 0) is 4.79 Å². The molecule has 1 amide bonds. The van der Waals surface area contributed by atoms with E-state index in [1.54, 1.807) is 4.90 Å². The first-order chi connectivity index (χ1) is 9.79. The maximum absolute atomic E-state index is 13.0. The molecule has 3 nitrogen and oxygen atoms in total. The number of anilines is 1. The van der Waals surface area contributed by atoms with Crippen LogP contribution in [-0.4, -0.2) is 32.1 Å². The van der Waals surface area contributed by atoms with Crippen molar-refractivity contribution in [2.75, 3.05) is 25.0 Å². The highest BCUT2D eigenvalue weighted by Crippen LogP contribution is 2.44. The van der Waals surface area contributed by atoms with E-state index >= 15 is 0 Å². The summed E-state index contributed by atoms with van der Waals surface area (Å²) in [6.07, 6.45) is 1.10. The number of aryl methyl sites for hydroxylation is 1. The standard InChI is InChI=1S/C18H26N2O/c1-12-6-7-15-13(10-12)14-11-19(5)9-8-16(14)20(15)17(21)18(2,3)4/h6-7,10,14,16H,8-9,11H2,1-5H3/p+1/t14-,16-/m0/s1. The van der Waals surface area contributed by atoms with Gasteiger partial charge in [0.1, 0.15) is 0 Å². The van der Waals surface area contributed by atoms with Crippen molar-refractivity contribution in [2.24, 2.45) is 5.41 Å². The Hall–Kier alpha value is -1.35. The van der Waals surface area contributed by atoms with Gasteiger partial charge in [-0.2, -0.15) is 0 Å². The summed E-state index contributed by atoms with van der Waals surface area (Å²) in [4.78, 5) is 16.7. The van der Waals surface area contributed by atoms with Gasteiger partial charge >= 0.3 is 0 Å². The van der Waals surface area contributed by atoms with Crippen LogP contribution in [0.25, 0.3) is 0 Å². The van der Waals surface area contributed by atoms with Crippen molar-refractivity contribution >= 4 is 11.6 Å². The summed E-state index contributed by atoms with van der Waals surface area (Å²) >= 11 is 0. The molecule has 1 aromatic rings. The van der Waals surface area contributed by atoms with Gasteiger partial charge < -0.3 is 9.80 Å². The topological polar surface area (TPSA) is 24.8 Å². The van der Waals surface area contributed by atoms with Crippen LogP contribution in [0.4, 0.5) is 5.69 Å². The normalized spacial score (nSPS) is 28.2. The fraction of sp³-hybridized carbons (Fsp3) is 0.611. The first-order valence-corrected chi connectivity index (χ1v) is 8.04. The minimum Gasteiger partial charge on any atom is -0.337 e. The molecular weight excluding hydrogens is 260 g/mol. The molecule has 0 aliphatic carbocycles. The molecule has 2 heterocycles. The molecule has 0 saturated carbocycles. The summed E-state index contributed by atoms with van der Waals surface area (Å²) in [5.74, 6) is 0.764. The number of rotatable bonds is 0. The van der Waals surface area contributed by atoms with Gasteiger partial charge in [-0.15, -0.1) is 0 Å². The zero-order chi connectivity index (χ0) is 15.4. The van der Waals surface area contributed by atoms with E-state index in [4.69, 9.17) is 0 Å². The van der Waals surface area contributed by atoms with E-state index in [1.807, 2.05) is 20.8 Å². The van der Waals surface area contributed by atoms with Gasteiger partial charge in [0.25, 0.3) is 0 Å². The second-order valence-corrected chi connectivity index (χ2v) is 7.86. The number of fused-ring (bicyclic) bond motifs is 3. The van der Waals surface area contributed by atoms with E-state index in [0.29, 0.717) is 12.0 Å². The minimum atomic E-state index is -0.326. The van der Waals surface area contributed by atoms with E-state index in [2.05, 4.69) is 37.1 Å². The zero-order valence-electron chi connectivity index (χ0n) is 13.9. The molecule has 3 rings (SSSR count). The van der Waals surface area contributed by atoms with Gasteiger partial charge in [-0.3, -0.25) is 4.79 Å². The van der Waals surface area contributed by atoms with Crippen LogP contribution < -0.4 is 9.80 Å². The number of benzene rings is 1. The van der Waals surface area contributed by atoms with E-state index in [-0.39, 0.29) is 11.3 Å². The van der Waals surface area contributed by atoms with Crippen molar-refractivity contribution in [1.29, 1.82) is 0 Å². The number of quaternary nitrogens is 1. The lowest BCUT2D eigenvalue weighted by atomic mass is 9.88. The van der Waals surface area contributed by atoms with Crippen LogP contribution in [0.2, 0.25) is 0 Å². The van der Waals surface area contributed by atoms with Crippen LogP contribution >= 0.6 is 0 Å². The Morgan fingerprint density at radius 1 is 1.33 bits per heavy atom. The van der Waals surface area contributed by atoms with Crippen LogP contribution in [0.15, 0.2) is 18.2 Å². The molecule has 2 aliphatic heterocycles. The number of likely N-dealkylation sites (N-methyl/N-ethyl adjacent to an activating group) is 1. The monoisotopic (exact) mass is 287 g/mol. The summed E-state index contributed by atoms with van der Waals surface area (Å²) in [6, 6.07) is 6.94. The van der Waals surface area contributed by atoms with Gasteiger partial charge in [0, 0.05) is 17.5 Å². The van der Waals surface area contributed by atoms with Gasteiger partial charge in [0.15, 0.2) is 0 Å². The maximum Gasteiger partial charge on any atom is 0.232 e. The van der Waals surface area contributed by atoms with Crippen molar-refractivity contribution < 1.29 is 9.69 Å². The molecule has 0 aromatic heterocycles. The molecule has 2 aliphatic rings. The van der Waals surface area contributed by atoms with Crippen molar-refractivity contribution in [3.05, 3.63) is 29.3 Å². The SMILES string of the molecule is Cc1ccc2c(c1)[C@@H]1C[NH+](C)CC[C@@H]1N2C(=O)C(C)(C)C. The molecule has 3 heteroatoms. The summed E-state index contributed by atoms with van der Waals surface area (Å²) in [7, 11) is 2.26. The first-order valence-electron chi connectivity index (χ1n) is 8.04. The Labute approximate surface area is 127 Å². The molecule has 0 radical (unpaired) electrons. The smallest absolute Gasteiger partial charge is 0.232 e. The van der Waals surface area contributed by atoms with Crippen LogP contribution in [0.1, 0.15) is 44.2 Å². The number of carbonyl (C=O) groups is 1. The number of piperidine rings is 1. The lowest BCUT2D eigenvalue weighted by Gasteiger charge is -2.36. The Balaban J connectivity index is 2.07. The van der Waals surface area contributed by atoms with Crippen molar-refractivity contribution in [3.8, 4) is 0 Å². The van der Waals surface area contributed by atoms with Gasteiger partial charge in [-0.25, -0.2) is 0 Å². The lowest BCUT2D eigenvalue weighted by molar-refractivity contribution is -0.886. The molecule has 1 N–H and O–H groups in total. The third kappa shape index (κ3) is 2.38. The maximum atomic E-state index is 13.0. The number of hydrogen-bond donors (Lipinski definition) is 1. The first kappa shape index (κ1) is 14.6. The quantitative estimate of drug-likeness (QED) is 0.773. The number of nitrogens with one attached hydrogen (secondary N) is 1. The fourth-order valence-electron chi connectivity index (χ4n) is 3.83. The summed E-state index contributed by atoms with van der Waals surface area (Å²) in [6.45, 7) is 10.5. The molecule has 1 saturated heterocycles. The molecule has 0 bridgehead atoms. The van der Waals surface area contributed by atoms with Crippen LogP contribution in [0.5, 0.6) is 0 Å². The molecule has 1 unspecified atom stereocenters. The van der Waals surface area contributed by atoms with Crippen LogP contribution in [0.3, 0.4) is 0 Å². The third-order valence-corrected chi connectivity index (χ3v) is 4.93. The van der Waals surface area contributed by atoms with Crippen molar-refractivity contribution in [1.82, 2.24) is 0 Å². The molecule has 21 heavy (non-hydrogen) atoms. The van der Waals surface area contributed by atoms with Gasteiger partial charge in [0.05, 0.1) is 32.1 Å². The predicted molar refractivity (Wildman–Crippen MR) is 85.9 cm³/mol. The van der Waals surface area contributed by atoms with E-state index in [9.17, 15) is 4.79 Å². The van der Waals surface area contributed by atoms with Crippen LogP contribution in [0, 0.1) is 12.3 Å². The molecule has 1 fully saturated rings. The van der Waals surface area contributed by atoms with Crippen molar-refractivity contribution in [2.45, 2.75) is 46.1 Å². The number of nitrogens with zero attached hydrogens (tertiary/aromatic N) is 1. The zero-order valence-corrected chi connectivity index (χ0v) is 13.9.